The fourth-order valence-electron chi connectivity index (χ4n) is 2.40. The molecule has 0 aliphatic heterocycles. The van der Waals surface area contributed by atoms with Crippen molar-refractivity contribution in [3.8, 4) is 0 Å². The van der Waals surface area contributed by atoms with Crippen molar-refractivity contribution in [2.45, 2.75) is 52.6 Å². The summed E-state index contributed by atoms with van der Waals surface area (Å²) in [5, 5.41) is 12.0. The van der Waals surface area contributed by atoms with Gasteiger partial charge in [-0.2, -0.15) is 0 Å². The average molecular weight is 305 g/mol. The minimum absolute atomic E-state index is 0.493. The normalized spacial score (nSPS) is 16.0. The second kappa shape index (κ2) is 5.63. The predicted molar refractivity (Wildman–Crippen MR) is 84.0 cm³/mol. The van der Waals surface area contributed by atoms with Crippen LogP contribution in [0.25, 0.3) is 0 Å². The molecule has 0 radical (unpaired) electrons. The first-order valence-electron chi connectivity index (χ1n) is 7.44. The summed E-state index contributed by atoms with van der Waals surface area (Å²) in [6.07, 6.45) is 1.52. The smallest absolute Gasteiger partial charge is 0.412 e. The van der Waals surface area contributed by atoms with E-state index in [1.54, 1.807) is 6.07 Å². The van der Waals surface area contributed by atoms with Crippen molar-refractivity contribution in [3.63, 3.8) is 0 Å². The lowest BCUT2D eigenvalue weighted by Gasteiger charge is -2.20. The van der Waals surface area contributed by atoms with Crippen molar-refractivity contribution in [2.24, 2.45) is 5.41 Å². The van der Waals surface area contributed by atoms with Gasteiger partial charge >= 0.3 is 12.1 Å². The van der Waals surface area contributed by atoms with Gasteiger partial charge in [-0.05, 0) is 64.2 Å². The number of hydrogen-bond donors (Lipinski definition) is 2. The molecule has 1 aromatic rings. The summed E-state index contributed by atoms with van der Waals surface area (Å²) in [5.41, 5.74) is 1.43. The third-order valence-electron chi connectivity index (χ3n) is 3.78. The number of anilines is 1. The van der Waals surface area contributed by atoms with Crippen LogP contribution in [-0.4, -0.2) is 22.8 Å². The molecule has 1 amide bonds. The second-order valence-corrected chi connectivity index (χ2v) is 7.04. The van der Waals surface area contributed by atoms with Crippen molar-refractivity contribution in [3.05, 3.63) is 29.3 Å². The monoisotopic (exact) mass is 305 g/mol. The van der Waals surface area contributed by atoms with E-state index in [9.17, 15) is 14.7 Å². The molecule has 5 nitrogen and oxygen atoms in total. The number of nitrogens with one attached hydrogen (secondary N) is 1. The lowest BCUT2D eigenvalue weighted by atomic mass is 9.95. The topological polar surface area (TPSA) is 75.6 Å². The quantitative estimate of drug-likeness (QED) is 0.888. The SMILES string of the molecule is Cc1cc(CC2(C(=O)O)CC2)ccc1NC(=O)OC(C)(C)C. The molecule has 0 atom stereocenters. The highest BCUT2D eigenvalue weighted by Gasteiger charge is 2.49. The number of aryl methyl sites for hydroxylation is 1. The molecule has 5 heteroatoms. The van der Waals surface area contributed by atoms with Crippen LogP contribution in [0.4, 0.5) is 10.5 Å². The molecular weight excluding hydrogens is 282 g/mol. The van der Waals surface area contributed by atoms with E-state index >= 15 is 0 Å². The molecule has 1 fully saturated rings. The number of ether oxygens (including phenoxy) is 1. The van der Waals surface area contributed by atoms with Gasteiger partial charge in [0.2, 0.25) is 0 Å². The summed E-state index contributed by atoms with van der Waals surface area (Å²) >= 11 is 0. The highest BCUT2D eigenvalue weighted by atomic mass is 16.6. The Morgan fingerprint density at radius 3 is 2.41 bits per heavy atom. The van der Waals surface area contributed by atoms with Gasteiger partial charge in [-0.1, -0.05) is 12.1 Å². The first-order valence-corrected chi connectivity index (χ1v) is 7.44. The molecule has 2 N–H and O–H groups in total. The van der Waals surface area contributed by atoms with Crippen LogP contribution in [0.5, 0.6) is 0 Å². The average Bonchev–Trinajstić information content (AvgIpc) is 3.11. The Morgan fingerprint density at radius 1 is 1.32 bits per heavy atom. The molecule has 0 unspecified atom stereocenters. The van der Waals surface area contributed by atoms with Gasteiger partial charge in [-0.3, -0.25) is 10.1 Å². The Labute approximate surface area is 130 Å². The van der Waals surface area contributed by atoms with Gasteiger partial charge in [0, 0.05) is 5.69 Å². The van der Waals surface area contributed by atoms with Crippen LogP contribution >= 0.6 is 0 Å². The number of carboxylic acids is 1. The molecule has 0 spiro atoms. The maximum Gasteiger partial charge on any atom is 0.412 e. The van der Waals surface area contributed by atoms with Gasteiger partial charge < -0.3 is 9.84 Å². The lowest BCUT2D eigenvalue weighted by molar-refractivity contribution is -0.143. The van der Waals surface area contributed by atoms with Crippen molar-refractivity contribution >= 4 is 17.7 Å². The van der Waals surface area contributed by atoms with Crippen molar-refractivity contribution in [1.29, 1.82) is 0 Å². The van der Waals surface area contributed by atoms with Crippen LogP contribution in [0.3, 0.4) is 0 Å². The minimum Gasteiger partial charge on any atom is -0.481 e. The Bertz CT molecular complexity index is 597. The summed E-state index contributed by atoms with van der Waals surface area (Å²) in [6, 6.07) is 5.59. The van der Waals surface area contributed by atoms with Crippen LogP contribution in [-0.2, 0) is 16.0 Å². The van der Waals surface area contributed by atoms with Gasteiger partial charge in [0.05, 0.1) is 5.41 Å². The molecule has 120 valence electrons. The zero-order valence-corrected chi connectivity index (χ0v) is 13.5. The lowest BCUT2D eigenvalue weighted by Crippen LogP contribution is -2.27. The fraction of sp³-hybridized carbons (Fsp3) is 0.529. The van der Waals surface area contributed by atoms with Gasteiger partial charge in [0.25, 0.3) is 0 Å². The molecule has 22 heavy (non-hydrogen) atoms. The second-order valence-electron chi connectivity index (χ2n) is 7.04. The van der Waals surface area contributed by atoms with E-state index in [2.05, 4.69) is 5.32 Å². The molecule has 1 aromatic carbocycles. The summed E-state index contributed by atoms with van der Waals surface area (Å²) in [4.78, 5) is 23.0. The Morgan fingerprint density at radius 2 is 1.95 bits per heavy atom. The van der Waals surface area contributed by atoms with Crippen molar-refractivity contribution < 1.29 is 19.4 Å². The zero-order chi connectivity index (χ0) is 16.5. The number of benzene rings is 1. The minimum atomic E-state index is -0.721. The van der Waals surface area contributed by atoms with Gasteiger partial charge in [0.1, 0.15) is 5.60 Å². The number of aliphatic carboxylic acids is 1. The molecule has 0 bridgehead atoms. The van der Waals surface area contributed by atoms with Crippen LogP contribution in [0.15, 0.2) is 18.2 Å². The summed E-state index contributed by atoms with van der Waals surface area (Å²) in [6.45, 7) is 7.31. The standard InChI is InChI=1S/C17H23NO4/c1-11-9-12(10-17(7-8-17)14(19)20)5-6-13(11)18-15(21)22-16(2,3)4/h5-6,9H,7-8,10H2,1-4H3,(H,18,21)(H,19,20). The largest absolute Gasteiger partial charge is 0.481 e. The van der Waals surface area contributed by atoms with Crippen LogP contribution in [0.2, 0.25) is 0 Å². The molecule has 1 aliphatic rings. The highest BCUT2D eigenvalue weighted by Crippen LogP contribution is 2.48. The number of rotatable bonds is 4. The number of carboxylic acid groups (broad SMARTS) is 1. The molecule has 1 aliphatic carbocycles. The van der Waals surface area contributed by atoms with E-state index in [1.807, 2.05) is 39.8 Å². The summed E-state index contributed by atoms with van der Waals surface area (Å²) in [7, 11) is 0. The van der Waals surface area contributed by atoms with E-state index < -0.39 is 23.1 Å². The summed E-state index contributed by atoms with van der Waals surface area (Å²) < 4.78 is 5.22. The van der Waals surface area contributed by atoms with E-state index in [-0.39, 0.29) is 0 Å². The Kier molecular flexibility index (Phi) is 4.18. The van der Waals surface area contributed by atoms with E-state index in [0.29, 0.717) is 12.1 Å². The third-order valence-corrected chi connectivity index (χ3v) is 3.78. The maximum atomic E-state index is 11.8. The number of hydrogen-bond acceptors (Lipinski definition) is 3. The van der Waals surface area contributed by atoms with Gasteiger partial charge in [-0.15, -0.1) is 0 Å². The Hall–Kier alpha value is -2.04. The molecule has 0 heterocycles. The van der Waals surface area contributed by atoms with E-state index in [0.717, 1.165) is 24.0 Å². The first-order chi connectivity index (χ1) is 10.1. The zero-order valence-electron chi connectivity index (χ0n) is 13.5. The third kappa shape index (κ3) is 4.00. The fourth-order valence-corrected chi connectivity index (χ4v) is 2.40. The first kappa shape index (κ1) is 16.3. The van der Waals surface area contributed by atoms with Gasteiger partial charge in [0.15, 0.2) is 0 Å². The van der Waals surface area contributed by atoms with Crippen LogP contribution in [0, 0.1) is 12.3 Å². The van der Waals surface area contributed by atoms with Crippen LogP contribution in [0.1, 0.15) is 44.7 Å². The number of carbonyl (C=O) groups is 2. The van der Waals surface area contributed by atoms with E-state index in [1.165, 1.54) is 0 Å². The molecule has 1 saturated carbocycles. The Balaban J connectivity index is 2.04. The molecular formula is C17H23NO4. The maximum absolute atomic E-state index is 11.8. The van der Waals surface area contributed by atoms with Crippen molar-refractivity contribution in [2.75, 3.05) is 5.32 Å². The summed E-state index contributed by atoms with van der Waals surface area (Å²) in [5.74, 6) is -0.721. The van der Waals surface area contributed by atoms with Gasteiger partial charge in [-0.25, -0.2) is 4.79 Å². The van der Waals surface area contributed by atoms with Crippen LogP contribution < -0.4 is 5.32 Å². The van der Waals surface area contributed by atoms with Crippen molar-refractivity contribution in [1.82, 2.24) is 0 Å². The molecule has 0 saturated heterocycles. The predicted octanol–water partition coefficient (Wildman–Crippen LogP) is 3.75. The molecule has 2 rings (SSSR count). The highest BCUT2D eigenvalue weighted by molar-refractivity contribution is 5.86. The molecule has 0 aromatic heterocycles. The number of carbonyl (C=O) groups excluding carboxylic acids is 1. The number of amides is 1. The van der Waals surface area contributed by atoms with E-state index in [4.69, 9.17) is 4.74 Å².